The van der Waals surface area contributed by atoms with E-state index in [2.05, 4.69) is 20.4 Å². The maximum Gasteiger partial charge on any atom is 0.173 e. The first-order valence-electron chi connectivity index (χ1n) is 9.29. The van der Waals surface area contributed by atoms with E-state index in [0.717, 1.165) is 24.8 Å². The number of allylic oxidation sites excluding steroid dienone is 2. The Bertz CT molecular complexity index is 677. The summed E-state index contributed by atoms with van der Waals surface area (Å²) in [6.07, 6.45) is 3.96. The minimum atomic E-state index is -1.30. The summed E-state index contributed by atoms with van der Waals surface area (Å²) in [5, 5.41) is 0. The van der Waals surface area contributed by atoms with Gasteiger partial charge in [-0.25, -0.2) is 4.39 Å². The van der Waals surface area contributed by atoms with Gasteiger partial charge in [0.15, 0.2) is 17.7 Å². The molecule has 3 heteroatoms. The molecule has 3 saturated carbocycles. The molecule has 0 aromatic carbocycles. The van der Waals surface area contributed by atoms with Crippen LogP contribution in [0.4, 0.5) is 4.39 Å². The summed E-state index contributed by atoms with van der Waals surface area (Å²) in [5.74, 6) is 1.01. The third-order valence-corrected chi connectivity index (χ3v) is 8.19. The van der Waals surface area contributed by atoms with E-state index < -0.39 is 11.6 Å². The molecule has 24 heavy (non-hydrogen) atoms. The van der Waals surface area contributed by atoms with Crippen LogP contribution in [0.5, 0.6) is 0 Å². The largest absolute Gasteiger partial charge is 0.296 e. The normalized spacial score (nSPS) is 50.9. The molecular formula is C21H27FO2. The zero-order valence-electron chi connectivity index (χ0n) is 14.9. The molecule has 0 saturated heterocycles. The van der Waals surface area contributed by atoms with Gasteiger partial charge in [0.05, 0.1) is 0 Å². The molecule has 0 heterocycles. The SMILES string of the molecule is C=C1CC2=CC(=O)C[C@@H](C)[C@]2(C)[C@H]2CC[C@]3(C)C(=O)[C@H](F)C[C@H]3[C@H]12. The summed E-state index contributed by atoms with van der Waals surface area (Å²) in [6.45, 7) is 10.8. The van der Waals surface area contributed by atoms with Gasteiger partial charge in [0.1, 0.15) is 0 Å². The average Bonchev–Trinajstić information content (AvgIpc) is 2.74. The zero-order chi connectivity index (χ0) is 17.4. The lowest BCUT2D eigenvalue weighted by atomic mass is 9.44. The highest BCUT2D eigenvalue weighted by Gasteiger charge is 2.63. The van der Waals surface area contributed by atoms with Gasteiger partial charge in [-0.15, -0.1) is 0 Å². The maximum atomic E-state index is 14.3. The van der Waals surface area contributed by atoms with Crippen molar-refractivity contribution in [3.63, 3.8) is 0 Å². The summed E-state index contributed by atoms with van der Waals surface area (Å²) in [6, 6.07) is 0. The molecule has 0 radical (unpaired) electrons. The number of Topliss-reactive ketones (excluding diaryl/α,β-unsaturated/α-hetero) is 1. The van der Waals surface area contributed by atoms with Crippen LogP contribution in [-0.4, -0.2) is 17.7 Å². The molecule has 7 atom stereocenters. The van der Waals surface area contributed by atoms with Crippen LogP contribution in [0, 0.1) is 34.5 Å². The minimum Gasteiger partial charge on any atom is -0.296 e. The average molecular weight is 330 g/mol. The van der Waals surface area contributed by atoms with Crippen molar-refractivity contribution in [1.29, 1.82) is 0 Å². The monoisotopic (exact) mass is 330 g/mol. The van der Waals surface area contributed by atoms with Crippen molar-refractivity contribution in [3.05, 3.63) is 23.8 Å². The van der Waals surface area contributed by atoms with E-state index in [1.165, 1.54) is 5.57 Å². The van der Waals surface area contributed by atoms with Gasteiger partial charge in [-0.1, -0.05) is 38.5 Å². The van der Waals surface area contributed by atoms with E-state index in [0.29, 0.717) is 24.7 Å². The highest BCUT2D eigenvalue weighted by molar-refractivity contribution is 5.92. The predicted octanol–water partition coefficient (Wildman–Crippen LogP) is 4.45. The minimum absolute atomic E-state index is 0.0153. The fraction of sp³-hybridized carbons (Fsp3) is 0.714. The van der Waals surface area contributed by atoms with Gasteiger partial charge in [-0.05, 0) is 60.8 Å². The molecule has 4 aliphatic rings. The third-order valence-electron chi connectivity index (χ3n) is 8.19. The first-order chi connectivity index (χ1) is 11.2. The molecule has 0 aliphatic heterocycles. The first-order valence-corrected chi connectivity index (χ1v) is 9.29. The van der Waals surface area contributed by atoms with E-state index in [1.807, 2.05) is 13.0 Å². The molecule has 2 nitrogen and oxygen atoms in total. The Balaban J connectivity index is 1.80. The fourth-order valence-corrected chi connectivity index (χ4v) is 6.59. The lowest BCUT2D eigenvalue weighted by Crippen LogP contribution is -2.53. The molecule has 130 valence electrons. The van der Waals surface area contributed by atoms with Crippen molar-refractivity contribution in [2.24, 2.45) is 34.5 Å². The highest BCUT2D eigenvalue weighted by Crippen LogP contribution is 2.66. The third kappa shape index (κ3) is 1.82. The van der Waals surface area contributed by atoms with Gasteiger partial charge in [-0.2, -0.15) is 0 Å². The molecule has 0 spiro atoms. The smallest absolute Gasteiger partial charge is 0.173 e. The van der Waals surface area contributed by atoms with Crippen LogP contribution in [-0.2, 0) is 9.59 Å². The van der Waals surface area contributed by atoms with Crippen LogP contribution in [0.15, 0.2) is 23.8 Å². The van der Waals surface area contributed by atoms with E-state index in [4.69, 9.17) is 0 Å². The van der Waals surface area contributed by atoms with Crippen molar-refractivity contribution in [3.8, 4) is 0 Å². The van der Waals surface area contributed by atoms with Crippen molar-refractivity contribution in [2.75, 3.05) is 0 Å². The Kier molecular flexibility index (Phi) is 3.31. The lowest BCUT2D eigenvalue weighted by Gasteiger charge is -2.59. The standard InChI is InChI=1S/C21H27FO2/c1-11-7-13-9-14(23)8-12(2)21(13,4)15-5-6-20(3)16(18(11)15)10-17(22)19(20)24/h9,12,15-18H,1,5-8,10H2,2-4H3/t12-,15+,16+,17-,18-,20+,21+/m1/s1. The summed E-state index contributed by atoms with van der Waals surface area (Å²) in [7, 11) is 0. The molecule has 0 aromatic rings. The van der Waals surface area contributed by atoms with Gasteiger partial charge in [0.2, 0.25) is 0 Å². The number of rotatable bonds is 0. The number of carbonyl (C=O) groups is 2. The second kappa shape index (κ2) is 4.89. The van der Waals surface area contributed by atoms with Gasteiger partial charge in [-0.3, -0.25) is 9.59 Å². The van der Waals surface area contributed by atoms with Gasteiger partial charge in [0, 0.05) is 11.8 Å². The number of alkyl halides is 1. The number of ketones is 2. The second-order valence-corrected chi connectivity index (χ2v) is 9.12. The van der Waals surface area contributed by atoms with Gasteiger partial charge < -0.3 is 0 Å². The van der Waals surface area contributed by atoms with Crippen LogP contribution < -0.4 is 0 Å². The molecule has 4 rings (SSSR count). The quantitative estimate of drug-likeness (QED) is 0.615. The highest BCUT2D eigenvalue weighted by atomic mass is 19.1. The molecule has 0 N–H and O–H groups in total. The molecular weight excluding hydrogens is 303 g/mol. The molecule has 3 fully saturated rings. The van der Waals surface area contributed by atoms with Crippen LogP contribution in [0.3, 0.4) is 0 Å². The van der Waals surface area contributed by atoms with Crippen LogP contribution in [0.25, 0.3) is 0 Å². The van der Waals surface area contributed by atoms with Crippen molar-refractivity contribution >= 4 is 11.6 Å². The van der Waals surface area contributed by atoms with Crippen LogP contribution >= 0.6 is 0 Å². The van der Waals surface area contributed by atoms with Crippen LogP contribution in [0.1, 0.15) is 52.9 Å². The van der Waals surface area contributed by atoms with E-state index in [-0.39, 0.29) is 28.8 Å². The second-order valence-electron chi connectivity index (χ2n) is 9.12. The number of halogens is 1. The zero-order valence-corrected chi connectivity index (χ0v) is 14.9. The van der Waals surface area contributed by atoms with E-state index >= 15 is 0 Å². The number of hydrogen-bond donors (Lipinski definition) is 0. The molecule has 0 bridgehead atoms. The molecule has 0 unspecified atom stereocenters. The van der Waals surface area contributed by atoms with Gasteiger partial charge >= 0.3 is 0 Å². The summed E-state index contributed by atoms with van der Waals surface area (Å²) >= 11 is 0. The first kappa shape index (κ1) is 16.2. The molecule has 0 amide bonds. The topological polar surface area (TPSA) is 34.1 Å². The Morgan fingerprint density at radius 1 is 1.25 bits per heavy atom. The Morgan fingerprint density at radius 3 is 2.67 bits per heavy atom. The Morgan fingerprint density at radius 2 is 1.96 bits per heavy atom. The summed E-state index contributed by atoms with van der Waals surface area (Å²) < 4.78 is 14.3. The van der Waals surface area contributed by atoms with Crippen molar-refractivity contribution in [1.82, 2.24) is 0 Å². The predicted molar refractivity (Wildman–Crippen MR) is 91.1 cm³/mol. The number of fused-ring (bicyclic) bond motifs is 5. The van der Waals surface area contributed by atoms with Gasteiger partial charge in [0.25, 0.3) is 0 Å². The fourth-order valence-electron chi connectivity index (χ4n) is 6.59. The summed E-state index contributed by atoms with van der Waals surface area (Å²) in [5.41, 5.74) is 1.80. The molecule has 0 aromatic heterocycles. The maximum absolute atomic E-state index is 14.3. The number of carbonyl (C=O) groups excluding carboxylic acids is 2. The van der Waals surface area contributed by atoms with E-state index in [1.54, 1.807) is 0 Å². The summed E-state index contributed by atoms with van der Waals surface area (Å²) in [4.78, 5) is 24.5. The van der Waals surface area contributed by atoms with Crippen molar-refractivity contribution in [2.45, 2.75) is 59.0 Å². The molecule has 4 aliphatic carbocycles. The number of hydrogen-bond acceptors (Lipinski definition) is 2. The Labute approximate surface area is 143 Å². The Hall–Kier alpha value is -1.25. The van der Waals surface area contributed by atoms with E-state index in [9.17, 15) is 14.0 Å². The lowest BCUT2D eigenvalue weighted by molar-refractivity contribution is -0.134. The van der Waals surface area contributed by atoms with Crippen LogP contribution in [0.2, 0.25) is 0 Å². The van der Waals surface area contributed by atoms with Crippen molar-refractivity contribution < 1.29 is 14.0 Å².